The number of benzene rings is 1. The van der Waals surface area contributed by atoms with Gasteiger partial charge in [-0.2, -0.15) is 8.78 Å². The lowest BCUT2D eigenvalue weighted by atomic mass is 9.86. The zero-order valence-corrected chi connectivity index (χ0v) is 18.4. The Hall–Kier alpha value is -2.84. The summed E-state index contributed by atoms with van der Waals surface area (Å²) in [5.41, 5.74) is 1.83. The summed E-state index contributed by atoms with van der Waals surface area (Å²) >= 11 is 0. The number of hydrogen-bond acceptors (Lipinski definition) is 5. The molecule has 2 atom stereocenters. The Morgan fingerprint density at radius 1 is 1.06 bits per heavy atom. The standard InChI is InChI=1S/C24H28F2N4O3/c25-20(26)23-29-28-22(33-23)15-10-11-16-13-30(24(32)17(16)12-15)19-9-5-4-8-18(19)27-21(31)14-6-2-1-3-7-14/h10-12,14,18-20H,1-9,13H2,(H,27,31)/t18-,19-/m1/s1. The molecule has 2 amide bonds. The van der Waals surface area contributed by atoms with Crippen molar-refractivity contribution < 1.29 is 22.8 Å². The molecule has 0 saturated heterocycles. The number of alkyl halides is 2. The highest BCUT2D eigenvalue weighted by molar-refractivity contribution is 5.99. The SMILES string of the molecule is O=C(N[C@@H]1CCCC[C@H]1N1Cc2ccc(-c3nnc(C(F)F)o3)cc2C1=O)C1CCCCC1. The van der Waals surface area contributed by atoms with Crippen molar-refractivity contribution in [1.29, 1.82) is 0 Å². The van der Waals surface area contributed by atoms with Crippen LogP contribution in [0.4, 0.5) is 8.78 Å². The molecule has 3 aliphatic rings. The molecule has 2 saturated carbocycles. The topological polar surface area (TPSA) is 88.3 Å². The molecule has 2 heterocycles. The van der Waals surface area contributed by atoms with Gasteiger partial charge in [-0.3, -0.25) is 9.59 Å². The van der Waals surface area contributed by atoms with Gasteiger partial charge in [-0.15, -0.1) is 10.2 Å². The summed E-state index contributed by atoms with van der Waals surface area (Å²) in [4.78, 5) is 28.1. The minimum Gasteiger partial charge on any atom is -0.415 e. The Morgan fingerprint density at radius 3 is 2.58 bits per heavy atom. The second kappa shape index (κ2) is 9.19. The first kappa shape index (κ1) is 22.0. The average Bonchev–Trinajstić information content (AvgIpc) is 3.45. The van der Waals surface area contributed by atoms with E-state index in [1.54, 1.807) is 12.1 Å². The Morgan fingerprint density at radius 2 is 1.82 bits per heavy atom. The van der Waals surface area contributed by atoms with E-state index in [0.717, 1.165) is 56.9 Å². The van der Waals surface area contributed by atoms with E-state index >= 15 is 0 Å². The van der Waals surface area contributed by atoms with E-state index < -0.39 is 12.3 Å². The molecule has 1 N–H and O–H groups in total. The predicted molar refractivity (Wildman–Crippen MR) is 115 cm³/mol. The Labute approximate surface area is 190 Å². The normalized spacial score (nSPS) is 23.7. The number of nitrogens with zero attached hydrogens (tertiary/aromatic N) is 3. The van der Waals surface area contributed by atoms with Crippen LogP contribution in [0.3, 0.4) is 0 Å². The summed E-state index contributed by atoms with van der Waals surface area (Å²) in [5, 5.41) is 10.3. The molecule has 9 heteroatoms. The van der Waals surface area contributed by atoms with Crippen LogP contribution in [-0.4, -0.2) is 39.0 Å². The van der Waals surface area contributed by atoms with Crippen LogP contribution in [0.1, 0.15) is 86.0 Å². The van der Waals surface area contributed by atoms with Crippen LogP contribution in [0.15, 0.2) is 22.6 Å². The third-order valence-electron chi connectivity index (χ3n) is 7.25. The van der Waals surface area contributed by atoms with Crippen molar-refractivity contribution in [2.45, 2.75) is 82.8 Å². The molecule has 1 aromatic heterocycles. The second-order valence-electron chi connectivity index (χ2n) is 9.35. The van der Waals surface area contributed by atoms with E-state index in [9.17, 15) is 18.4 Å². The van der Waals surface area contributed by atoms with E-state index in [4.69, 9.17) is 4.42 Å². The van der Waals surface area contributed by atoms with Crippen molar-refractivity contribution in [3.8, 4) is 11.5 Å². The number of nitrogens with one attached hydrogen (secondary N) is 1. The van der Waals surface area contributed by atoms with Crippen LogP contribution in [0.25, 0.3) is 11.5 Å². The third kappa shape index (κ3) is 4.37. The lowest BCUT2D eigenvalue weighted by molar-refractivity contribution is -0.127. The fourth-order valence-electron chi connectivity index (χ4n) is 5.48. The maximum atomic E-state index is 13.4. The molecule has 1 aromatic carbocycles. The fraction of sp³-hybridized carbons (Fsp3) is 0.583. The summed E-state index contributed by atoms with van der Waals surface area (Å²) in [6.45, 7) is 0.473. The van der Waals surface area contributed by atoms with Crippen LogP contribution >= 0.6 is 0 Å². The molecule has 2 aromatic rings. The minimum absolute atomic E-state index is 0.0327. The van der Waals surface area contributed by atoms with Gasteiger partial charge in [-0.05, 0) is 43.4 Å². The van der Waals surface area contributed by atoms with Crippen molar-refractivity contribution in [3.63, 3.8) is 0 Å². The van der Waals surface area contributed by atoms with Gasteiger partial charge in [0.25, 0.3) is 11.8 Å². The molecule has 0 bridgehead atoms. The van der Waals surface area contributed by atoms with Crippen molar-refractivity contribution in [2.75, 3.05) is 0 Å². The van der Waals surface area contributed by atoms with Crippen molar-refractivity contribution in [2.24, 2.45) is 5.92 Å². The fourth-order valence-corrected chi connectivity index (χ4v) is 5.48. The van der Waals surface area contributed by atoms with Crippen LogP contribution in [0.2, 0.25) is 0 Å². The van der Waals surface area contributed by atoms with E-state index in [-0.39, 0.29) is 35.7 Å². The molecule has 0 spiro atoms. The number of rotatable bonds is 5. The zero-order valence-electron chi connectivity index (χ0n) is 18.4. The van der Waals surface area contributed by atoms with Crippen LogP contribution in [0, 0.1) is 5.92 Å². The zero-order chi connectivity index (χ0) is 22.9. The molecule has 7 nitrogen and oxygen atoms in total. The van der Waals surface area contributed by atoms with Gasteiger partial charge in [-0.25, -0.2) is 0 Å². The largest absolute Gasteiger partial charge is 0.415 e. The molecule has 176 valence electrons. The summed E-state index contributed by atoms with van der Waals surface area (Å²) in [5.74, 6) is -0.664. The van der Waals surface area contributed by atoms with Crippen molar-refractivity contribution >= 4 is 11.8 Å². The second-order valence-corrected chi connectivity index (χ2v) is 9.35. The third-order valence-corrected chi connectivity index (χ3v) is 7.25. The Balaban J connectivity index is 1.32. The summed E-state index contributed by atoms with van der Waals surface area (Å²) in [7, 11) is 0. The highest BCUT2D eigenvalue weighted by Gasteiger charge is 2.39. The summed E-state index contributed by atoms with van der Waals surface area (Å²) in [6.07, 6.45) is 6.23. The van der Waals surface area contributed by atoms with Gasteiger partial charge in [0.15, 0.2) is 0 Å². The molecule has 0 unspecified atom stereocenters. The van der Waals surface area contributed by atoms with Gasteiger partial charge < -0.3 is 14.6 Å². The average molecular weight is 459 g/mol. The van der Waals surface area contributed by atoms with Gasteiger partial charge in [0.05, 0.1) is 6.04 Å². The van der Waals surface area contributed by atoms with Crippen LogP contribution < -0.4 is 5.32 Å². The Bertz CT molecular complexity index is 1030. The first-order valence-electron chi connectivity index (χ1n) is 11.9. The number of aromatic nitrogens is 2. The minimum atomic E-state index is -2.84. The molecule has 1 aliphatic heterocycles. The highest BCUT2D eigenvalue weighted by atomic mass is 19.3. The lowest BCUT2D eigenvalue weighted by Crippen LogP contribution is -2.54. The summed E-state index contributed by atoms with van der Waals surface area (Å²) < 4.78 is 30.6. The quantitative estimate of drug-likeness (QED) is 0.705. The van der Waals surface area contributed by atoms with Crippen molar-refractivity contribution in [3.05, 3.63) is 35.2 Å². The first-order chi connectivity index (χ1) is 16.0. The number of carbonyl (C=O) groups is 2. The van der Waals surface area contributed by atoms with Gasteiger partial charge in [0.2, 0.25) is 11.8 Å². The molecule has 2 aliphatic carbocycles. The molecular weight excluding hydrogens is 430 g/mol. The predicted octanol–water partition coefficient (Wildman–Crippen LogP) is 4.64. The Kier molecular flexibility index (Phi) is 6.12. The van der Waals surface area contributed by atoms with Crippen LogP contribution in [0.5, 0.6) is 0 Å². The first-order valence-corrected chi connectivity index (χ1v) is 11.9. The summed E-state index contributed by atoms with van der Waals surface area (Å²) in [6, 6.07) is 5.06. The van der Waals surface area contributed by atoms with Gasteiger partial charge in [0, 0.05) is 29.6 Å². The smallest absolute Gasteiger partial charge is 0.314 e. The van der Waals surface area contributed by atoms with E-state index in [2.05, 4.69) is 15.5 Å². The van der Waals surface area contributed by atoms with E-state index in [1.807, 2.05) is 11.0 Å². The molecule has 2 fully saturated rings. The maximum Gasteiger partial charge on any atom is 0.314 e. The van der Waals surface area contributed by atoms with E-state index in [0.29, 0.717) is 17.7 Å². The number of amides is 2. The van der Waals surface area contributed by atoms with Crippen LogP contribution in [-0.2, 0) is 11.3 Å². The molecule has 5 rings (SSSR count). The van der Waals surface area contributed by atoms with Gasteiger partial charge in [-0.1, -0.05) is 38.2 Å². The lowest BCUT2D eigenvalue weighted by Gasteiger charge is -2.39. The monoisotopic (exact) mass is 458 g/mol. The molecular formula is C24H28F2N4O3. The maximum absolute atomic E-state index is 13.4. The highest BCUT2D eigenvalue weighted by Crippen LogP contribution is 2.34. The number of hydrogen-bond donors (Lipinski definition) is 1. The van der Waals surface area contributed by atoms with Gasteiger partial charge in [0.1, 0.15) is 0 Å². The number of carbonyl (C=O) groups excluding carboxylic acids is 2. The molecule has 0 radical (unpaired) electrons. The number of fused-ring (bicyclic) bond motifs is 1. The molecule has 33 heavy (non-hydrogen) atoms. The van der Waals surface area contributed by atoms with E-state index in [1.165, 1.54) is 6.42 Å². The number of halogens is 2. The van der Waals surface area contributed by atoms with Gasteiger partial charge >= 0.3 is 6.43 Å². The van der Waals surface area contributed by atoms with Crippen molar-refractivity contribution in [1.82, 2.24) is 20.4 Å².